The molecule has 1 aromatic rings. The highest BCUT2D eigenvalue weighted by molar-refractivity contribution is 9.10. The maximum Gasteiger partial charge on any atom is 0.0410 e. The van der Waals surface area contributed by atoms with E-state index in [1.165, 1.54) is 5.56 Å². The number of rotatable bonds is 5. The molecule has 0 amide bonds. The van der Waals surface area contributed by atoms with Crippen molar-refractivity contribution in [3.63, 3.8) is 0 Å². The molecule has 1 rings (SSSR count). The Hall–Kier alpha value is -0.0500. The van der Waals surface area contributed by atoms with Gasteiger partial charge in [0.25, 0.3) is 0 Å². The Kier molecular flexibility index (Phi) is 5.49. The first kappa shape index (κ1) is 15.0. The summed E-state index contributed by atoms with van der Waals surface area (Å²) in [5, 5.41) is 4.29. The van der Waals surface area contributed by atoms with E-state index in [9.17, 15) is 0 Å². The topological polar surface area (TPSA) is 12.0 Å². The number of hydrogen-bond acceptors (Lipinski definition) is 1. The van der Waals surface area contributed by atoms with E-state index in [0.717, 1.165) is 22.6 Å². The highest BCUT2D eigenvalue weighted by Crippen LogP contribution is 2.25. The lowest BCUT2D eigenvalue weighted by atomic mass is 9.81. The van der Waals surface area contributed by atoms with Gasteiger partial charge in [-0.25, -0.2) is 0 Å². The van der Waals surface area contributed by atoms with Gasteiger partial charge in [-0.2, -0.15) is 0 Å². The lowest BCUT2D eigenvalue weighted by molar-refractivity contribution is 0.238. The summed E-state index contributed by atoms with van der Waals surface area (Å²) in [6.07, 6.45) is 0. The minimum Gasteiger partial charge on any atom is -0.312 e. The van der Waals surface area contributed by atoms with Crippen molar-refractivity contribution >= 4 is 27.5 Å². The molecule has 1 nitrogen and oxygen atoms in total. The molecule has 17 heavy (non-hydrogen) atoms. The van der Waals surface area contributed by atoms with Gasteiger partial charge in [0.05, 0.1) is 0 Å². The second-order valence-corrected chi connectivity index (χ2v) is 6.77. The third-order valence-corrected chi connectivity index (χ3v) is 4.48. The molecule has 0 aromatic heterocycles. The van der Waals surface area contributed by atoms with Crippen molar-refractivity contribution in [2.24, 2.45) is 11.3 Å². The van der Waals surface area contributed by atoms with Crippen molar-refractivity contribution in [3.05, 3.63) is 33.3 Å². The second-order valence-electron chi connectivity index (χ2n) is 5.48. The fraction of sp³-hybridized carbons (Fsp3) is 0.571. The normalized spacial score (nSPS) is 12.2. The van der Waals surface area contributed by atoms with E-state index in [4.69, 9.17) is 11.6 Å². The van der Waals surface area contributed by atoms with Crippen LogP contribution in [0.3, 0.4) is 0 Å². The molecule has 0 aliphatic heterocycles. The molecule has 0 bridgehead atoms. The van der Waals surface area contributed by atoms with Gasteiger partial charge in [-0.1, -0.05) is 55.2 Å². The van der Waals surface area contributed by atoms with Crippen LogP contribution in [0, 0.1) is 11.3 Å². The molecule has 0 unspecified atom stereocenters. The fourth-order valence-corrected chi connectivity index (χ4v) is 1.98. The molecule has 0 fully saturated rings. The third kappa shape index (κ3) is 4.61. The van der Waals surface area contributed by atoms with Gasteiger partial charge < -0.3 is 5.32 Å². The Bertz CT molecular complexity index is 374. The molecule has 0 saturated carbocycles. The van der Waals surface area contributed by atoms with Crippen LogP contribution in [0.5, 0.6) is 0 Å². The Morgan fingerprint density at radius 2 is 2.00 bits per heavy atom. The predicted octanol–water partition coefficient (Wildman–Crippen LogP) is 4.87. The van der Waals surface area contributed by atoms with Crippen LogP contribution in [0.15, 0.2) is 22.7 Å². The van der Waals surface area contributed by atoms with Crippen LogP contribution in [0.25, 0.3) is 0 Å². The number of nitrogens with one attached hydrogen (secondary N) is 1. The van der Waals surface area contributed by atoms with Crippen LogP contribution in [0.2, 0.25) is 5.02 Å². The smallest absolute Gasteiger partial charge is 0.0410 e. The molecule has 3 heteroatoms. The van der Waals surface area contributed by atoms with E-state index in [1.54, 1.807) is 0 Å². The van der Waals surface area contributed by atoms with Crippen molar-refractivity contribution in [1.82, 2.24) is 5.32 Å². The van der Waals surface area contributed by atoms with Crippen LogP contribution in [-0.2, 0) is 6.54 Å². The summed E-state index contributed by atoms with van der Waals surface area (Å²) < 4.78 is 1.11. The van der Waals surface area contributed by atoms with Gasteiger partial charge in [-0.15, -0.1) is 0 Å². The number of hydrogen-bond donors (Lipinski definition) is 1. The first-order valence-corrected chi connectivity index (χ1v) is 7.14. The Morgan fingerprint density at radius 3 is 2.59 bits per heavy atom. The number of halogens is 2. The van der Waals surface area contributed by atoms with Crippen LogP contribution >= 0.6 is 27.5 Å². The Balaban J connectivity index is 2.54. The molecular weight excluding hydrogens is 298 g/mol. The molecule has 0 aliphatic rings. The van der Waals surface area contributed by atoms with Crippen LogP contribution in [0.1, 0.15) is 33.3 Å². The van der Waals surface area contributed by atoms with Crippen molar-refractivity contribution < 1.29 is 0 Å². The SMILES string of the molecule is CC(C)C(C)(C)CNCc1cc(Cl)ccc1Br. The molecule has 0 heterocycles. The molecule has 0 radical (unpaired) electrons. The minimum absolute atomic E-state index is 0.311. The van der Waals surface area contributed by atoms with E-state index < -0.39 is 0 Å². The monoisotopic (exact) mass is 317 g/mol. The first-order chi connectivity index (χ1) is 7.83. The van der Waals surface area contributed by atoms with E-state index in [2.05, 4.69) is 48.9 Å². The largest absolute Gasteiger partial charge is 0.312 e. The summed E-state index contributed by atoms with van der Waals surface area (Å²) in [7, 11) is 0. The zero-order valence-corrected chi connectivity index (χ0v) is 13.3. The first-order valence-electron chi connectivity index (χ1n) is 5.97. The fourth-order valence-electron chi connectivity index (χ4n) is 1.40. The highest BCUT2D eigenvalue weighted by Gasteiger charge is 2.21. The van der Waals surface area contributed by atoms with Crippen LogP contribution in [-0.4, -0.2) is 6.54 Å². The molecule has 0 atom stereocenters. The zero-order chi connectivity index (χ0) is 13.1. The van der Waals surface area contributed by atoms with Gasteiger partial charge in [0.1, 0.15) is 0 Å². The summed E-state index contributed by atoms with van der Waals surface area (Å²) in [6, 6.07) is 5.89. The Labute approximate surface area is 118 Å². The van der Waals surface area contributed by atoms with E-state index in [1.807, 2.05) is 18.2 Å². The van der Waals surface area contributed by atoms with Crippen molar-refractivity contribution in [2.75, 3.05) is 6.54 Å². The van der Waals surface area contributed by atoms with Gasteiger partial charge in [0, 0.05) is 22.6 Å². The molecular formula is C14H21BrClN. The van der Waals surface area contributed by atoms with Crippen LogP contribution in [0.4, 0.5) is 0 Å². The maximum absolute atomic E-state index is 5.99. The van der Waals surface area contributed by atoms with E-state index in [0.29, 0.717) is 11.3 Å². The lowest BCUT2D eigenvalue weighted by Gasteiger charge is -2.29. The summed E-state index contributed by atoms with van der Waals surface area (Å²) in [5.74, 6) is 0.665. The minimum atomic E-state index is 0.311. The average Bonchev–Trinajstić information content (AvgIpc) is 2.22. The molecule has 0 aliphatic carbocycles. The van der Waals surface area contributed by atoms with Gasteiger partial charge in [-0.3, -0.25) is 0 Å². The summed E-state index contributed by atoms with van der Waals surface area (Å²) in [4.78, 5) is 0. The summed E-state index contributed by atoms with van der Waals surface area (Å²) >= 11 is 9.53. The van der Waals surface area contributed by atoms with Gasteiger partial charge in [0.2, 0.25) is 0 Å². The van der Waals surface area contributed by atoms with Gasteiger partial charge >= 0.3 is 0 Å². The number of benzene rings is 1. The van der Waals surface area contributed by atoms with Crippen molar-refractivity contribution in [3.8, 4) is 0 Å². The standard InChI is InChI=1S/C14H21BrClN/c1-10(2)14(3,4)9-17-8-11-7-12(16)5-6-13(11)15/h5-7,10,17H,8-9H2,1-4H3. The zero-order valence-electron chi connectivity index (χ0n) is 11.0. The molecule has 0 saturated heterocycles. The Morgan fingerprint density at radius 1 is 1.35 bits per heavy atom. The lowest BCUT2D eigenvalue weighted by Crippen LogP contribution is -2.33. The maximum atomic E-state index is 5.99. The van der Waals surface area contributed by atoms with E-state index >= 15 is 0 Å². The molecule has 1 aromatic carbocycles. The van der Waals surface area contributed by atoms with E-state index in [-0.39, 0.29) is 0 Å². The van der Waals surface area contributed by atoms with Gasteiger partial charge in [0.15, 0.2) is 0 Å². The van der Waals surface area contributed by atoms with Crippen LogP contribution < -0.4 is 5.32 Å². The summed E-state index contributed by atoms with van der Waals surface area (Å²) in [5.41, 5.74) is 1.52. The average molecular weight is 319 g/mol. The molecule has 96 valence electrons. The van der Waals surface area contributed by atoms with Crippen molar-refractivity contribution in [1.29, 1.82) is 0 Å². The highest BCUT2D eigenvalue weighted by atomic mass is 79.9. The molecule has 1 N–H and O–H groups in total. The predicted molar refractivity (Wildman–Crippen MR) is 79.5 cm³/mol. The van der Waals surface area contributed by atoms with Gasteiger partial charge in [-0.05, 0) is 35.1 Å². The quantitative estimate of drug-likeness (QED) is 0.816. The molecule has 0 spiro atoms. The summed E-state index contributed by atoms with van der Waals surface area (Å²) in [6.45, 7) is 10.9. The third-order valence-electron chi connectivity index (χ3n) is 3.47. The van der Waals surface area contributed by atoms with Crippen molar-refractivity contribution in [2.45, 2.75) is 34.2 Å². The second kappa shape index (κ2) is 6.21.